The summed E-state index contributed by atoms with van der Waals surface area (Å²) in [5.74, 6) is 0.616. The van der Waals surface area contributed by atoms with Crippen LogP contribution in [-0.2, 0) is 0 Å². The first-order valence-corrected chi connectivity index (χ1v) is 7.15. The number of benzene rings is 1. The van der Waals surface area contributed by atoms with Crippen LogP contribution < -0.4 is 10.6 Å². The van der Waals surface area contributed by atoms with Gasteiger partial charge in [0.1, 0.15) is 0 Å². The highest BCUT2D eigenvalue weighted by Crippen LogP contribution is 2.14. The minimum Gasteiger partial charge on any atom is -0.352 e. The highest BCUT2D eigenvalue weighted by atomic mass is 16.1. The fraction of sp³-hybridized carbons (Fsp3) is 0.562. The molecule has 3 nitrogen and oxygen atoms in total. The molecular weight excluding hydrogens is 236 g/mol. The second-order valence-corrected chi connectivity index (χ2v) is 5.78. The molecule has 19 heavy (non-hydrogen) atoms. The first-order valence-electron chi connectivity index (χ1n) is 7.15. The van der Waals surface area contributed by atoms with E-state index in [9.17, 15) is 4.79 Å². The summed E-state index contributed by atoms with van der Waals surface area (Å²) in [7, 11) is 0. The Kier molecular flexibility index (Phi) is 4.59. The van der Waals surface area contributed by atoms with E-state index in [4.69, 9.17) is 0 Å². The summed E-state index contributed by atoms with van der Waals surface area (Å²) < 4.78 is 0. The van der Waals surface area contributed by atoms with Crippen molar-refractivity contribution in [1.82, 2.24) is 10.6 Å². The normalized spacial score (nSPS) is 23.1. The number of nitrogens with one attached hydrogen (secondary N) is 2. The second-order valence-electron chi connectivity index (χ2n) is 5.78. The van der Waals surface area contributed by atoms with Gasteiger partial charge in [-0.3, -0.25) is 4.79 Å². The van der Waals surface area contributed by atoms with Gasteiger partial charge >= 0.3 is 0 Å². The number of rotatable bonds is 3. The first-order chi connectivity index (χ1) is 9.06. The van der Waals surface area contributed by atoms with E-state index in [1.165, 1.54) is 12.8 Å². The van der Waals surface area contributed by atoms with Gasteiger partial charge in [0.25, 0.3) is 5.91 Å². The maximum atomic E-state index is 12.2. The van der Waals surface area contributed by atoms with Gasteiger partial charge in [-0.25, -0.2) is 0 Å². The van der Waals surface area contributed by atoms with Crippen LogP contribution in [0.1, 0.15) is 41.3 Å². The van der Waals surface area contributed by atoms with E-state index in [-0.39, 0.29) is 5.91 Å². The smallest absolute Gasteiger partial charge is 0.251 e. The third-order valence-electron chi connectivity index (χ3n) is 3.95. The van der Waals surface area contributed by atoms with Gasteiger partial charge in [0.2, 0.25) is 0 Å². The van der Waals surface area contributed by atoms with Gasteiger partial charge in [-0.15, -0.1) is 0 Å². The van der Waals surface area contributed by atoms with Crippen molar-refractivity contribution < 1.29 is 4.79 Å². The summed E-state index contributed by atoms with van der Waals surface area (Å²) in [6, 6.07) is 6.63. The number of carbonyl (C=O) groups is 1. The lowest BCUT2D eigenvalue weighted by Gasteiger charge is -2.27. The summed E-state index contributed by atoms with van der Waals surface area (Å²) in [5, 5.41) is 6.54. The van der Waals surface area contributed by atoms with Crippen molar-refractivity contribution in [2.45, 2.75) is 39.7 Å². The molecule has 0 spiro atoms. The van der Waals surface area contributed by atoms with Gasteiger partial charge in [0.15, 0.2) is 0 Å². The van der Waals surface area contributed by atoms with Crippen LogP contribution in [0.4, 0.5) is 0 Å². The van der Waals surface area contributed by atoms with Crippen LogP contribution >= 0.6 is 0 Å². The van der Waals surface area contributed by atoms with Gasteiger partial charge < -0.3 is 10.6 Å². The van der Waals surface area contributed by atoms with Gasteiger partial charge in [-0.1, -0.05) is 17.7 Å². The summed E-state index contributed by atoms with van der Waals surface area (Å²) >= 11 is 0. The minimum absolute atomic E-state index is 0.0554. The molecule has 3 heteroatoms. The van der Waals surface area contributed by atoms with E-state index in [0.29, 0.717) is 12.0 Å². The molecule has 0 saturated carbocycles. The van der Waals surface area contributed by atoms with Gasteiger partial charge in [0, 0.05) is 18.2 Å². The number of amides is 1. The molecular formula is C16H24N2O. The van der Waals surface area contributed by atoms with Crippen LogP contribution in [0.5, 0.6) is 0 Å². The molecule has 2 N–H and O–H groups in total. The Balaban J connectivity index is 1.89. The van der Waals surface area contributed by atoms with Crippen LogP contribution in [0.3, 0.4) is 0 Å². The van der Waals surface area contributed by atoms with Crippen molar-refractivity contribution in [2.24, 2.45) is 5.92 Å². The van der Waals surface area contributed by atoms with Crippen LogP contribution in [-0.4, -0.2) is 25.0 Å². The largest absolute Gasteiger partial charge is 0.352 e. The maximum absolute atomic E-state index is 12.2. The molecule has 2 atom stereocenters. The average Bonchev–Trinajstić information content (AvgIpc) is 2.40. The molecule has 1 aromatic carbocycles. The number of hydrogen-bond acceptors (Lipinski definition) is 2. The number of carbonyl (C=O) groups excluding carboxylic acids is 1. The van der Waals surface area contributed by atoms with Gasteiger partial charge in [0.05, 0.1) is 0 Å². The third kappa shape index (κ3) is 3.80. The molecule has 0 radical (unpaired) electrons. The molecule has 1 heterocycles. The fourth-order valence-corrected chi connectivity index (χ4v) is 2.54. The van der Waals surface area contributed by atoms with Gasteiger partial charge in [-0.05, 0) is 57.7 Å². The zero-order chi connectivity index (χ0) is 13.8. The molecule has 104 valence electrons. The molecule has 1 aliphatic rings. The molecule has 1 amide bonds. The van der Waals surface area contributed by atoms with E-state index in [1.807, 2.05) is 32.0 Å². The Morgan fingerprint density at radius 1 is 1.37 bits per heavy atom. The number of piperidine rings is 1. The number of aryl methyl sites for hydroxylation is 2. The van der Waals surface area contributed by atoms with Crippen molar-refractivity contribution in [3.63, 3.8) is 0 Å². The van der Waals surface area contributed by atoms with E-state index in [2.05, 4.69) is 17.6 Å². The van der Waals surface area contributed by atoms with Crippen LogP contribution in [0.2, 0.25) is 0 Å². The minimum atomic E-state index is 0.0554. The Morgan fingerprint density at radius 2 is 2.16 bits per heavy atom. The topological polar surface area (TPSA) is 41.1 Å². The molecule has 0 aromatic heterocycles. The second kappa shape index (κ2) is 6.20. The van der Waals surface area contributed by atoms with E-state index < -0.39 is 0 Å². The quantitative estimate of drug-likeness (QED) is 0.876. The SMILES string of the molecule is Cc1ccc(C)c(C(=O)NCC2CCC(C)NC2)c1. The monoisotopic (exact) mass is 260 g/mol. The van der Waals surface area contributed by atoms with Crippen molar-refractivity contribution in [3.05, 3.63) is 34.9 Å². The third-order valence-corrected chi connectivity index (χ3v) is 3.95. The van der Waals surface area contributed by atoms with Gasteiger partial charge in [-0.2, -0.15) is 0 Å². The van der Waals surface area contributed by atoms with Crippen molar-refractivity contribution >= 4 is 5.91 Å². The highest BCUT2D eigenvalue weighted by molar-refractivity contribution is 5.95. The van der Waals surface area contributed by atoms with E-state index >= 15 is 0 Å². The molecule has 2 rings (SSSR count). The van der Waals surface area contributed by atoms with Crippen molar-refractivity contribution in [1.29, 1.82) is 0 Å². The predicted molar refractivity (Wildman–Crippen MR) is 78.4 cm³/mol. The lowest BCUT2D eigenvalue weighted by atomic mass is 9.95. The lowest BCUT2D eigenvalue weighted by molar-refractivity contribution is 0.0943. The fourth-order valence-electron chi connectivity index (χ4n) is 2.54. The Hall–Kier alpha value is -1.35. The molecule has 1 aliphatic heterocycles. The van der Waals surface area contributed by atoms with Crippen molar-refractivity contribution in [3.8, 4) is 0 Å². The summed E-state index contributed by atoms with van der Waals surface area (Å²) in [6.45, 7) is 7.99. The molecule has 2 unspecified atom stereocenters. The summed E-state index contributed by atoms with van der Waals surface area (Å²) in [4.78, 5) is 12.2. The van der Waals surface area contributed by atoms with Crippen LogP contribution in [0.25, 0.3) is 0 Å². The maximum Gasteiger partial charge on any atom is 0.251 e. The summed E-state index contributed by atoms with van der Waals surface area (Å²) in [5.41, 5.74) is 2.97. The van der Waals surface area contributed by atoms with Crippen LogP contribution in [0, 0.1) is 19.8 Å². The molecule has 1 saturated heterocycles. The molecule has 1 aromatic rings. The van der Waals surface area contributed by atoms with Crippen LogP contribution in [0.15, 0.2) is 18.2 Å². The standard InChI is InChI=1S/C16H24N2O/c1-11-4-5-12(2)15(8-11)16(19)18-10-14-7-6-13(3)17-9-14/h4-5,8,13-14,17H,6-7,9-10H2,1-3H3,(H,18,19). The molecule has 0 aliphatic carbocycles. The highest BCUT2D eigenvalue weighted by Gasteiger charge is 2.18. The summed E-state index contributed by atoms with van der Waals surface area (Å²) in [6.07, 6.45) is 2.39. The Morgan fingerprint density at radius 3 is 2.84 bits per heavy atom. The molecule has 0 bridgehead atoms. The molecule has 1 fully saturated rings. The van der Waals surface area contributed by atoms with E-state index in [0.717, 1.165) is 29.8 Å². The zero-order valence-corrected chi connectivity index (χ0v) is 12.1. The Labute approximate surface area is 115 Å². The lowest BCUT2D eigenvalue weighted by Crippen LogP contribution is -2.42. The first kappa shape index (κ1) is 14.1. The van der Waals surface area contributed by atoms with Crippen molar-refractivity contribution in [2.75, 3.05) is 13.1 Å². The Bertz CT molecular complexity index is 448. The zero-order valence-electron chi connectivity index (χ0n) is 12.1. The average molecular weight is 260 g/mol. The predicted octanol–water partition coefficient (Wildman–Crippen LogP) is 2.42. The number of hydrogen-bond donors (Lipinski definition) is 2. The van der Waals surface area contributed by atoms with E-state index in [1.54, 1.807) is 0 Å².